The van der Waals surface area contributed by atoms with Gasteiger partial charge in [-0.3, -0.25) is 0 Å². The van der Waals surface area contributed by atoms with Crippen LogP contribution in [0.1, 0.15) is 22.9 Å². The summed E-state index contributed by atoms with van der Waals surface area (Å²) in [7, 11) is 0. The predicted molar refractivity (Wildman–Crippen MR) is 71.3 cm³/mol. The lowest BCUT2D eigenvalue weighted by Crippen LogP contribution is -2.30. The van der Waals surface area contributed by atoms with E-state index < -0.39 is 0 Å². The molecular formula is C14H16N4. The first-order valence-corrected chi connectivity index (χ1v) is 6.13. The Morgan fingerprint density at radius 2 is 2.11 bits per heavy atom. The molecule has 0 saturated heterocycles. The number of aromatic nitrogens is 2. The highest BCUT2D eigenvalue weighted by Crippen LogP contribution is 2.30. The molecule has 3 N–H and O–H groups in total. The molecule has 2 atom stereocenters. The van der Waals surface area contributed by atoms with Crippen molar-refractivity contribution in [1.29, 1.82) is 0 Å². The highest BCUT2D eigenvalue weighted by molar-refractivity contribution is 5.41. The van der Waals surface area contributed by atoms with E-state index >= 15 is 0 Å². The van der Waals surface area contributed by atoms with E-state index in [4.69, 9.17) is 5.73 Å². The third-order valence-electron chi connectivity index (χ3n) is 3.40. The normalized spacial score (nSPS) is 21.7. The molecule has 1 aliphatic carbocycles. The van der Waals surface area contributed by atoms with Crippen molar-refractivity contribution < 1.29 is 0 Å². The maximum Gasteiger partial charge on any atom is 0.223 e. The van der Waals surface area contributed by atoms with Crippen LogP contribution in [0.25, 0.3) is 0 Å². The number of nitrogens with one attached hydrogen (secondary N) is 1. The zero-order valence-electron chi connectivity index (χ0n) is 10.3. The smallest absolute Gasteiger partial charge is 0.223 e. The van der Waals surface area contributed by atoms with Crippen molar-refractivity contribution in [2.75, 3.05) is 5.32 Å². The van der Waals surface area contributed by atoms with E-state index in [1.165, 1.54) is 11.1 Å². The minimum Gasteiger partial charge on any atom is -0.349 e. The molecule has 0 fully saturated rings. The first-order chi connectivity index (χ1) is 8.74. The fourth-order valence-electron chi connectivity index (χ4n) is 2.45. The number of nitrogens with two attached hydrogens (primary N) is 1. The molecule has 1 heterocycles. The lowest BCUT2D eigenvalue weighted by atomic mass is 10.1. The first kappa shape index (κ1) is 11.2. The number of aryl methyl sites for hydroxylation is 1. The summed E-state index contributed by atoms with van der Waals surface area (Å²) in [5.74, 6) is 0.656. The highest BCUT2D eigenvalue weighted by atomic mass is 15.1. The van der Waals surface area contributed by atoms with Crippen LogP contribution in [0.2, 0.25) is 0 Å². The van der Waals surface area contributed by atoms with Crippen molar-refractivity contribution in [1.82, 2.24) is 9.97 Å². The van der Waals surface area contributed by atoms with Crippen LogP contribution in [0.3, 0.4) is 0 Å². The van der Waals surface area contributed by atoms with Crippen molar-refractivity contribution in [2.45, 2.75) is 25.4 Å². The molecule has 0 radical (unpaired) electrons. The van der Waals surface area contributed by atoms with Crippen molar-refractivity contribution in [3.05, 3.63) is 53.3 Å². The zero-order chi connectivity index (χ0) is 12.5. The van der Waals surface area contributed by atoms with Gasteiger partial charge in [0.1, 0.15) is 0 Å². The number of hydrogen-bond donors (Lipinski definition) is 2. The standard InChI is InChI=1S/C14H16N4/c1-9-6-7-16-14(17-9)18-12-8-10-4-2-3-5-11(10)13(12)15/h2-7,12-13H,8,15H2,1H3,(H,16,17,18)/t12-,13-/m1/s1. The van der Waals surface area contributed by atoms with E-state index in [1.807, 2.05) is 19.1 Å². The average molecular weight is 240 g/mol. The molecule has 1 aromatic heterocycles. The molecule has 0 saturated carbocycles. The molecule has 2 aromatic rings. The Morgan fingerprint density at radius 3 is 2.89 bits per heavy atom. The van der Waals surface area contributed by atoms with Gasteiger partial charge in [-0.1, -0.05) is 24.3 Å². The summed E-state index contributed by atoms with van der Waals surface area (Å²) in [5, 5.41) is 3.33. The summed E-state index contributed by atoms with van der Waals surface area (Å²) in [6.07, 6.45) is 2.69. The number of anilines is 1. The highest BCUT2D eigenvalue weighted by Gasteiger charge is 2.29. The van der Waals surface area contributed by atoms with Crippen molar-refractivity contribution in [3.8, 4) is 0 Å². The Labute approximate surface area is 106 Å². The zero-order valence-corrected chi connectivity index (χ0v) is 10.3. The molecule has 0 spiro atoms. The van der Waals surface area contributed by atoms with Gasteiger partial charge in [0, 0.05) is 11.9 Å². The van der Waals surface area contributed by atoms with Gasteiger partial charge in [-0.2, -0.15) is 0 Å². The largest absolute Gasteiger partial charge is 0.349 e. The Hall–Kier alpha value is -1.94. The van der Waals surface area contributed by atoms with Crippen LogP contribution in [0.5, 0.6) is 0 Å². The van der Waals surface area contributed by atoms with Crippen molar-refractivity contribution in [3.63, 3.8) is 0 Å². The van der Waals surface area contributed by atoms with Crippen molar-refractivity contribution in [2.24, 2.45) is 5.73 Å². The van der Waals surface area contributed by atoms with Gasteiger partial charge in [0.2, 0.25) is 5.95 Å². The second-order valence-corrected chi connectivity index (χ2v) is 4.70. The number of fused-ring (bicyclic) bond motifs is 1. The molecule has 4 heteroatoms. The van der Waals surface area contributed by atoms with Crippen LogP contribution in [0, 0.1) is 6.92 Å². The van der Waals surface area contributed by atoms with E-state index in [-0.39, 0.29) is 12.1 Å². The van der Waals surface area contributed by atoms with Gasteiger partial charge < -0.3 is 11.1 Å². The van der Waals surface area contributed by atoms with E-state index in [2.05, 4.69) is 33.5 Å². The Morgan fingerprint density at radius 1 is 1.28 bits per heavy atom. The molecule has 0 amide bonds. The molecule has 1 aliphatic rings. The van der Waals surface area contributed by atoms with Gasteiger partial charge in [-0.05, 0) is 30.5 Å². The predicted octanol–water partition coefficient (Wildman–Crippen LogP) is 1.82. The van der Waals surface area contributed by atoms with Gasteiger partial charge >= 0.3 is 0 Å². The fourth-order valence-corrected chi connectivity index (χ4v) is 2.45. The van der Waals surface area contributed by atoms with Gasteiger partial charge in [0.25, 0.3) is 0 Å². The number of benzene rings is 1. The van der Waals surface area contributed by atoms with Crippen LogP contribution in [0.15, 0.2) is 36.5 Å². The van der Waals surface area contributed by atoms with Crippen LogP contribution in [-0.2, 0) is 6.42 Å². The minimum atomic E-state index is 0.00492. The molecule has 1 aromatic carbocycles. The van der Waals surface area contributed by atoms with E-state index in [9.17, 15) is 0 Å². The topological polar surface area (TPSA) is 63.8 Å². The van der Waals surface area contributed by atoms with Crippen LogP contribution in [0.4, 0.5) is 5.95 Å². The van der Waals surface area contributed by atoms with Gasteiger partial charge in [0.05, 0.1) is 12.1 Å². The Balaban J connectivity index is 1.81. The summed E-state index contributed by atoms with van der Waals surface area (Å²) in [6.45, 7) is 1.95. The summed E-state index contributed by atoms with van der Waals surface area (Å²) in [5.41, 5.74) is 9.75. The van der Waals surface area contributed by atoms with Crippen molar-refractivity contribution >= 4 is 5.95 Å². The molecular weight excluding hydrogens is 224 g/mol. The van der Waals surface area contributed by atoms with Crippen LogP contribution >= 0.6 is 0 Å². The summed E-state index contributed by atoms with van der Waals surface area (Å²) < 4.78 is 0. The SMILES string of the molecule is Cc1ccnc(N[C@@H]2Cc3ccccc3[C@H]2N)n1. The summed E-state index contributed by atoms with van der Waals surface area (Å²) in [6, 6.07) is 10.4. The number of rotatable bonds is 2. The first-order valence-electron chi connectivity index (χ1n) is 6.13. The Kier molecular flexibility index (Phi) is 2.72. The lowest BCUT2D eigenvalue weighted by molar-refractivity contribution is 0.624. The molecule has 18 heavy (non-hydrogen) atoms. The third-order valence-corrected chi connectivity index (χ3v) is 3.40. The minimum absolute atomic E-state index is 0.00492. The summed E-state index contributed by atoms with van der Waals surface area (Å²) in [4.78, 5) is 8.58. The third kappa shape index (κ3) is 1.95. The van der Waals surface area contributed by atoms with Crippen LogP contribution < -0.4 is 11.1 Å². The van der Waals surface area contributed by atoms with Gasteiger partial charge in [-0.25, -0.2) is 9.97 Å². The maximum atomic E-state index is 6.26. The van der Waals surface area contributed by atoms with E-state index in [0.717, 1.165) is 12.1 Å². The lowest BCUT2D eigenvalue weighted by Gasteiger charge is -2.17. The van der Waals surface area contributed by atoms with Gasteiger partial charge in [0.15, 0.2) is 0 Å². The van der Waals surface area contributed by atoms with Crippen LogP contribution in [-0.4, -0.2) is 16.0 Å². The van der Waals surface area contributed by atoms with Gasteiger partial charge in [-0.15, -0.1) is 0 Å². The molecule has 0 bridgehead atoms. The number of hydrogen-bond acceptors (Lipinski definition) is 4. The molecule has 0 aliphatic heterocycles. The molecule has 92 valence electrons. The molecule has 3 rings (SSSR count). The number of nitrogens with zero attached hydrogens (tertiary/aromatic N) is 2. The van der Waals surface area contributed by atoms with E-state index in [0.29, 0.717) is 5.95 Å². The van der Waals surface area contributed by atoms with E-state index in [1.54, 1.807) is 6.20 Å². The Bertz CT molecular complexity index is 567. The molecule has 0 unspecified atom stereocenters. The molecule has 4 nitrogen and oxygen atoms in total. The maximum absolute atomic E-state index is 6.26. The average Bonchev–Trinajstić information content (AvgIpc) is 2.67. The fraction of sp³-hybridized carbons (Fsp3) is 0.286. The second kappa shape index (κ2) is 4.38. The quantitative estimate of drug-likeness (QED) is 0.840. The monoisotopic (exact) mass is 240 g/mol. The summed E-state index contributed by atoms with van der Waals surface area (Å²) >= 11 is 0. The second-order valence-electron chi connectivity index (χ2n) is 4.70.